The molecule has 0 fully saturated rings. The molecule has 0 aliphatic carbocycles. The van der Waals surface area contributed by atoms with Crippen LogP contribution in [0.5, 0.6) is 0 Å². The Labute approximate surface area is 188 Å². The van der Waals surface area contributed by atoms with Gasteiger partial charge in [0.1, 0.15) is 0 Å². The molecule has 0 aliphatic rings. The van der Waals surface area contributed by atoms with Crippen molar-refractivity contribution >= 4 is 61.3 Å². The van der Waals surface area contributed by atoms with E-state index in [1.807, 2.05) is 41.8 Å². The number of hydrogen-bond donors (Lipinski definition) is 2. The molecule has 0 bridgehead atoms. The number of benzene rings is 2. The zero-order chi connectivity index (χ0) is 20.8. The molecule has 0 unspecified atom stereocenters. The molecule has 1 amide bonds. The molecule has 2 N–H and O–H groups in total. The van der Waals surface area contributed by atoms with Crippen LogP contribution in [0.2, 0.25) is 0 Å². The van der Waals surface area contributed by atoms with Crippen molar-refractivity contribution in [3.63, 3.8) is 0 Å². The van der Waals surface area contributed by atoms with Gasteiger partial charge in [-0.05, 0) is 62.5 Å². The van der Waals surface area contributed by atoms with Crippen LogP contribution in [0.3, 0.4) is 0 Å². The molecule has 5 nitrogen and oxygen atoms in total. The molecule has 0 spiro atoms. The first-order chi connectivity index (χ1) is 14.0. The van der Waals surface area contributed by atoms with Crippen molar-refractivity contribution in [1.82, 2.24) is 10.3 Å². The number of halogens is 1. The summed E-state index contributed by atoms with van der Waals surface area (Å²) in [6, 6.07) is 15.4. The fraction of sp³-hybridized carbons (Fsp3) is 0.190. The number of anilines is 2. The van der Waals surface area contributed by atoms with Gasteiger partial charge in [0.15, 0.2) is 10.2 Å². The Morgan fingerprint density at radius 1 is 1.10 bits per heavy atom. The molecule has 150 valence electrons. The maximum atomic E-state index is 12.5. The summed E-state index contributed by atoms with van der Waals surface area (Å²) in [5.74, 6) is -0.252. The van der Waals surface area contributed by atoms with Crippen LogP contribution in [0.1, 0.15) is 24.2 Å². The fourth-order valence-corrected chi connectivity index (χ4v) is 4.04. The van der Waals surface area contributed by atoms with Gasteiger partial charge >= 0.3 is 0 Å². The molecule has 0 saturated carbocycles. The summed E-state index contributed by atoms with van der Waals surface area (Å²) in [4.78, 5) is 19.2. The third-order valence-electron chi connectivity index (χ3n) is 4.35. The van der Waals surface area contributed by atoms with E-state index in [-0.39, 0.29) is 11.0 Å². The Morgan fingerprint density at radius 2 is 1.76 bits per heavy atom. The lowest BCUT2D eigenvalue weighted by Crippen LogP contribution is -2.34. The van der Waals surface area contributed by atoms with Crippen molar-refractivity contribution in [1.29, 1.82) is 0 Å². The summed E-state index contributed by atoms with van der Waals surface area (Å²) in [5.41, 5.74) is 3.52. The first-order valence-electron chi connectivity index (χ1n) is 9.19. The van der Waals surface area contributed by atoms with E-state index < -0.39 is 0 Å². The monoisotopic (exact) mass is 488 g/mol. The van der Waals surface area contributed by atoms with Gasteiger partial charge < -0.3 is 10.2 Å². The number of hydrogen-bond acceptors (Lipinski definition) is 5. The molecule has 0 saturated heterocycles. The quantitative estimate of drug-likeness (QED) is 0.445. The lowest BCUT2D eigenvalue weighted by Gasteiger charge is -2.21. The van der Waals surface area contributed by atoms with Crippen molar-refractivity contribution in [2.24, 2.45) is 0 Å². The van der Waals surface area contributed by atoms with Crippen molar-refractivity contribution in [2.75, 3.05) is 23.3 Å². The molecule has 8 heteroatoms. The highest BCUT2D eigenvalue weighted by molar-refractivity contribution is 9.10. The molecule has 0 atom stereocenters. The summed E-state index contributed by atoms with van der Waals surface area (Å²) in [7, 11) is 0. The van der Waals surface area contributed by atoms with Crippen molar-refractivity contribution in [3.8, 4) is 11.3 Å². The Kier molecular flexibility index (Phi) is 7.35. The van der Waals surface area contributed by atoms with Crippen LogP contribution in [0.25, 0.3) is 11.3 Å². The summed E-state index contributed by atoms with van der Waals surface area (Å²) < 4.78 is 1.02. The maximum Gasteiger partial charge on any atom is 0.257 e. The number of carbonyl (C=O) groups excluding carboxylic acids is 1. The minimum atomic E-state index is -0.252. The lowest BCUT2D eigenvalue weighted by atomic mass is 10.2. The highest BCUT2D eigenvalue weighted by Gasteiger charge is 2.11. The van der Waals surface area contributed by atoms with Gasteiger partial charge in [-0.2, -0.15) is 0 Å². The first-order valence-corrected chi connectivity index (χ1v) is 11.3. The number of nitrogens with one attached hydrogen (secondary N) is 2. The zero-order valence-electron chi connectivity index (χ0n) is 16.1. The molecule has 0 aliphatic heterocycles. The van der Waals surface area contributed by atoms with E-state index in [2.05, 4.69) is 50.3 Å². The largest absolute Gasteiger partial charge is 0.372 e. The molecular weight excluding hydrogens is 468 g/mol. The standard InChI is InChI=1S/C21H21BrN4OS2/c1-3-26(4-2)17-11-7-15(8-12-17)19(27)24-20(28)25-21-23-18(13-29-21)14-5-9-16(22)10-6-14/h5-13H,3-4H2,1-2H3,(H2,23,24,25,27,28). The Bertz CT molecular complexity index is 983. The summed E-state index contributed by atoms with van der Waals surface area (Å²) in [5, 5.41) is 8.49. The Morgan fingerprint density at radius 3 is 2.38 bits per heavy atom. The van der Waals surface area contributed by atoms with Gasteiger partial charge in [-0.15, -0.1) is 11.3 Å². The molecular formula is C21H21BrN4OS2. The highest BCUT2D eigenvalue weighted by Crippen LogP contribution is 2.26. The average Bonchev–Trinajstić information content (AvgIpc) is 3.18. The van der Waals surface area contributed by atoms with E-state index >= 15 is 0 Å². The SMILES string of the molecule is CCN(CC)c1ccc(C(=O)NC(=S)Nc2nc(-c3ccc(Br)cc3)cs2)cc1. The number of nitrogens with zero attached hydrogens (tertiary/aromatic N) is 2. The number of thiocarbonyl (C=S) groups is 1. The predicted octanol–water partition coefficient (Wildman–Crippen LogP) is 5.55. The van der Waals surface area contributed by atoms with E-state index in [1.165, 1.54) is 11.3 Å². The minimum Gasteiger partial charge on any atom is -0.372 e. The van der Waals surface area contributed by atoms with Gasteiger partial charge in [0, 0.05) is 39.8 Å². The molecule has 3 aromatic rings. The Hall–Kier alpha value is -2.29. The van der Waals surface area contributed by atoms with Crippen molar-refractivity contribution < 1.29 is 4.79 Å². The number of carbonyl (C=O) groups is 1. The predicted molar refractivity (Wildman–Crippen MR) is 129 cm³/mol. The lowest BCUT2D eigenvalue weighted by molar-refractivity contribution is 0.0978. The maximum absolute atomic E-state index is 12.5. The molecule has 2 aromatic carbocycles. The zero-order valence-corrected chi connectivity index (χ0v) is 19.3. The van der Waals surface area contributed by atoms with Gasteiger partial charge in [0.25, 0.3) is 5.91 Å². The van der Waals surface area contributed by atoms with Crippen LogP contribution >= 0.6 is 39.5 Å². The number of aromatic nitrogens is 1. The van der Waals surface area contributed by atoms with Crippen LogP contribution in [0.4, 0.5) is 10.8 Å². The first kappa shape index (κ1) is 21.4. The molecule has 3 rings (SSSR count). The second-order valence-corrected chi connectivity index (χ2v) is 8.35. The third-order valence-corrected chi connectivity index (χ3v) is 5.84. The smallest absolute Gasteiger partial charge is 0.257 e. The highest BCUT2D eigenvalue weighted by atomic mass is 79.9. The van der Waals surface area contributed by atoms with Crippen LogP contribution < -0.4 is 15.5 Å². The third kappa shape index (κ3) is 5.62. The summed E-state index contributed by atoms with van der Waals surface area (Å²) >= 11 is 10.1. The van der Waals surface area contributed by atoms with E-state index in [4.69, 9.17) is 12.2 Å². The van der Waals surface area contributed by atoms with Gasteiger partial charge in [-0.3, -0.25) is 10.1 Å². The van der Waals surface area contributed by atoms with Gasteiger partial charge in [0.2, 0.25) is 0 Å². The fourth-order valence-electron chi connectivity index (χ4n) is 2.80. The molecule has 29 heavy (non-hydrogen) atoms. The minimum absolute atomic E-state index is 0.222. The number of amides is 1. The molecule has 1 aromatic heterocycles. The topological polar surface area (TPSA) is 57.3 Å². The van der Waals surface area contributed by atoms with Gasteiger partial charge in [-0.1, -0.05) is 28.1 Å². The van der Waals surface area contributed by atoms with Crippen molar-refractivity contribution in [2.45, 2.75) is 13.8 Å². The second-order valence-electron chi connectivity index (χ2n) is 6.17. The van der Waals surface area contributed by atoms with E-state index in [9.17, 15) is 4.79 Å². The average molecular weight is 489 g/mol. The molecule has 1 heterocycles. The van der Waals surface area contributed by atoms with Gasteiger partial charge in [-0.25, -0.2) is 4.98 Å². The van der Waals surface area contributed by atoms with Crippen molar-refractivity contribution in [3.05, 3.63) is 63.9 Å². The summed E-state index contributed by atoms with van der Waals surface area (Å²) in [6.45, 7) is 6.06. The molecule has 0 radical (unpaired) electrons. The van der Waals surface area contributed by atoms with E-state index in [0.29, 0.717) is 10.7 Å². The van der Waals surface area contributed by atoms with Crippen LogP contribution in [0.15, 0.2) is 58.4 Å². The number of thiazole rings is 1. The van der Waals surface area contributed by atoms with Gasteiger partial charge in [0.05, 0.1) is 5.69 Å². The second kappa shape index (κ2) is 9.96. The normalized spacial score (nSPS) is 10.4. The summed E-state index contributed by atoms with van der Waals surface area (Å²) in [6.07, 6.45) is 0. The van der Waals surface area contributed by atoms with Crippen LogP contribution in [0, 0.1) is 0 Å². The van der Waals surface area contributed by atoms with Crippen LogP contribution in [-0.4, -0.2) is 29.1 Å². The Balaban J connectivity index is 1.59. The van der Waals surface area contributed by atoms with Crippen LogP contribution in [-0.2, 0) is 0 Å². The van der Waals surface area contributed by atoms with E-state index in [0.717, 1.165) is 34.5 Å². The number of rotatable bonds is 6. The van der Waals surface area contributed by atoms with E-state index in [1.54, 1.807) is 12.1 Å².